The van der Waals surface area contributed by atoms with Crippen molar-refractivity contribution in [3.63, 3.8) is 0 Å². The summed E-state index contributed by atoms with van der Waals surface area (Å²) in [5, 5.41) is 17.7. The van der Waals surface area contributed by atoms with Gasteiger partial charge in [0.2, 0.25) is 0 Å². The fourth-order valence-corrected chi connectivity index (χ4v) is 2.43. The summed E-state index contributed by atoms with van der Waals surface area (Å²) in [6, 6.07) is 2.11. The molecule has 0 saturated carbocycles. The zero-order valence-corrected chi connectivity index (χ0v) is 11.5. The lowest BCUT2D eigenvalue weighted by Gasteiger charge is -2.38. The first-order valence-electron chi connectivity index (χ1n) is 5.40. The van der Waals surface area contributed by atoms with E-state index in [2.05, 4.69) is 39.9 Å². The van der Waals surface area contributed by atoms with Crippen LogP contribution < -0.4 is 0 Å². The van der Waals surface area contributed by atoms with Crippen LogP contribution in [0.25, 0.3) is 0 Å². The fourth-order valence-electron chi connectivity index (χ4n) is 1.04. The third kappa shape index (κ3) is 4.78. The van der Waals surface area contributed by atoms with Gasteiger partial charge in [-0.05, 0) is 24.6 Å². The molecule has 88 valence electrons. The minimum atomic E-state index is -1.80. The SMILES string of the molecule is CC(C)(C)[Si](C)(C)OC(CC#N)CCO. The second kappa shape index (κ2) is 5.64. The van der Waals surface area contributed by atoms with Crippen molar-refractivity contribution in [2.45, 2.75) is 57.8 Å². The molecular weight excluding hydrogens is 206 g/mol. The van der Waals surface area contributed by atoms with Gasteiger partial charge in [-0.2, -0.15) is 5.26 Å². The van der Waals surface area contributed by atoms with Gasteiger partial charge in [0.05, 0.1) is 18.6 Å². The average Bonchev–Trinajstić information content (AvgIpc) is 2.02. The molecule has 0 aromatic heterocycles. The van der Waals surface area contributed by atoms with Crippen molar-refractivity contribution in [3.8, 4) is 6.07 Å². The second-order valence-corrected chi connectivity index (χ2v) is 10.1. The highest BCUT2D eigenvalue weighted by atomic mass is 28.4. The first kappa shape index (κ1) is 14.6. The molecule has 0 aliphatic heterocycles. The van der Waals surface area contributed by atoms with Gasteiger partial charge in [0.1, 0.15) is 0 Å². The summed E-state index contributed by atoms with van der Waals surface area (Å²) in [7, 11) is -1.80. The summed E-state index contributed by atoms with van der Waals surface area (Å²) in [5.41, 5.74) is 0. The summed E-state index contributed by atoms with van der Waals surface area (Å²) < 4.78 is 6.04. The van der Waals surface area contributed by atoms with Crippen molar-refractivity contribution in [2.75, 3.05) is 6.61 Å². The van der Waals surface area contributed by atoms with Crippen LogP contribution in [-0.4, -0.2) is 26.1 Å². The zero-order chi connectivity index (χ0) is 12.1. The van der Waals surface area contributed by atoms with E-state index in [9.17, 15) is 0 Å². The summed E-state index contributed by atoms with van der Waals surface area (Å²) in [5.74, 6) is 0. The highest BCUT2D eigenvalue weighted by Crippen LogP contribution is 2.37. The molecule has 0 aromatic rings. The molecule has 0 radical (unpaired) electrons. The monoisotopic (exact) mass is 229 g/mol. The summed E-state index contributed by atoms with van der Waals surface area (Å²) in [6.45, 7) is 10.9. The number of rotatable bonds is 5. The molecule has 0 aliphatic rings. The van der Waals surface area contributed by atoms with Gasteiger partial charge in [-0.15, -0.1) is 0 Å². The van der Waals surface area contributed by atoms with Crippen molar-refractivity contribution in [2.24, 2.45) is 0 Å². The third-order valence-electron chi connectivity index (χ3n) is 3.04. The number of hydrogen-bond acceptors (Lipinski definition) is 3. The Morgan fingerprint density at radius 1 is 1.40 bits per heavy atom. The van der Waals surface area contributed by atoms with Crippen LogP contribution in [0.4, 0.5) is 0 Å². The molecule has 0 spiro atoms. The Kier molecular flexibility index (Phi) is 5.50. The molecule has 1 unspecified atom stereocenters. The normalized spacial score (nSPS) is 14.7. The van der Waals surface area contributed by atoms with Gasteiger partial charge in [-0.25, -0.2) is 0 Å². The number of nitriles is 1. The van der Waals surface area contributed by atoms with Crippen LogP contribution in [-0.2, 0) is 4.43 Å². The van der Waals surface area contributed by atoms with Crippen molar-refractivity contribution in [1.29, 1.82) is 5.26 Å². The summed E-state index contributed by atoms with van der Waals surface area (Å²) >= 11 is 0. The Labute approximate surface area is 94.2 Å². The van der Waals surface area contributed by atoms with Crippen LogP contribution in [0.1, 0.15) is 33.6 Å². The molecule has 0 aliphatic carbocycles. The van der Waals surface area contributed by atoms with Crippen LogP contribution >= 0.6 is 0 Å². The van der Waals surface area contributed by atoms with E-state index in [-0.39, 0.29) is 17.7 Å². The molecule has 15 heavy (non-hydrogen) atoms. The van der Waals surface area contributed by atoms with Crippen molar-refractivity contribution in [3.05, 3.63) is 0 Å². The van der Waals surface area contributed by atoms with Crippen LogP contribution in [0, 0.1) is 11.3 Å². The van der Waals surface area contributed by atoms with Crippen LogP contribution in [0.5, 0.6) is 0 Å². The lowest BCUT2D eigenvalue weighted by Crippen LogP contribution is -2.44. The van der Waals surface area contributed by atoms with E-state index < -0.39 is 8.32 Å². The smallest absolute Gasteiger partial charge is 0.192 e. The van der Waals surface area contributed by atoms with Gasteiger partial charge >= 0.3 is 0 Å². The molecule has 0 rings (SSSR count). The highest BCUT2D eigenvalue weighted by molar-refractivity contribution is 6.74. The average molecular weight is 229 g/mol. The maximum atomic E-state index is 8.89. The predicted molar refractivity (Wildman–Crippen MR) is 64.0 cm³/mol. The van der Waals surface area contributed by atoms with E-state index in [0.717, 1.165) is 0 Å². The molecule has 0 aromatic carbocycles. The minimum absolute atomic E-state index is 0.0843. The Morgan fingerprint density at radius 2 is 1.93 bits per heavy atom. The lowest BCUT2D eigenvalue weighted by molar-refractivity contribution is 0.143. The van der Waals surface area contributed by atoms with Crippen LogP contribution in [0.3, 0.4) is 0 Å². The Bertz CT molecular complexity index is 228. The second-order valence-electron chi connectivity index (χ2n) is 5.37. The van der Waals surface area contributed by atoms with Crippen molar-refractivity contribution < 1.29 is 9.53 Å². The van der Waals surface area contributed by atoms with E-state index >= 15 is 0 Å². The van der Waals surface area contributed by atoms with Gasteiger partial charge in [-0.3, -0.25) is 0 Å². The van der Waals surface area contributed by atoms with Gasteiger partial charge < -0.3 is 9.53 Å². The fraction of sp³-hybridized carbons (Fsp3) is 0.909. The molecule has 4 heteroatoms. The molecule has 0 amide bonds. The van der Waals surface area contributed by atoms with Gasteiger partial charge in [0, 0.05) is 6.61 Å². The van der Waals surface area contributed by atoms with Crippen molar-refractivity contribution in [1.82, 2.24) is 0 Å². The maximum Gasteiger partial charge on any atom is 0.192 e. The standard InChI is InChI=1S/C11H23NO2Si/c1-11(2,3)15(4,5)14-10(6-8-12)7-9-13/h10,13H,6-7,9H2,1-5H3. The van der Waals surface area contributed by atoms with E-state index in [4.69, 9.17) is 14.8 Å². The Morgan fingerprint density at radius 3 is 2.27 bits per heavy atom. The maximum absolute atomic E-state index is 8.89. The predicted octanol–water partition coefficient (Wildman–Crippen LogP) is 2.67. The van der Waals surface area contributed by atoms with Crippen molar-refractivity contribution >= 4 is 8.32 Å². The molecule has 0 fully saturated rings. The quantitative estimate of drug-likeness (QED) is 0.737. The Hall–Kier alpha value is -0.373. The molecular formula is C11H23NO2Si. The number of aliphatic hydroxyl groups is 1. The van der Waals surface area contributed by atoms with E-state index in [1.54, 1.807) is 0 Å². The molecule has 0 bridgehead atoms. The van der Waals surface area contributed by atoms with Gasteiger partial charge in [0.15, 0.2) is 8.32 Å². The minimum Gasteiger partial charge on any atom is -0.413 e. The molecule has 1 N–H and O–H groups in total. The number of hydrogen-bond donors (Lipinski definition) is 1. The topological polar surface area (TPSA) is 53.2 Å². The van der Waals surface area contributed by atoms with E-state index in [0.29, 0.717) is 12.8 Å². The van der Waals surface area contributed by atoms with E-state index in [1.807, 2.05) is 0 Å². The molecule has 0 heterocycles. The third-order valence-corrected chi connectivity index (χ3v) is 7.57. The summed E-state index contributed by atoms with van der Waals surface area (Å²) in [4.78, 5) is 0. The Balaban J connectivity index is 4.46. The number of aliphatic hydroxyl groups excluding tert-OH is 1. The highest BCUT2D eigenvalue weighted by Gasteiger charge is 2.38. The van der Waals surface area contributed by atoms with Gasteiger partial charge in [0.25, 0.3) is 0 Å². The first-order chi connectivity index (χ1) is 6.74. The van der Waals surface area contributed by atoms with Crippen LogP contribution in [0.2, 0.25) is 18.1 Å². The molecule has 0 saturated heterocycles. The largest absolute Gasteiger partial charge is 0.413 e. The van der Waals surface area contributed by atoms with E-state index in [1.165, 1.54) is 0 Å². The summed E-state index contributed by atoms with van der Waals surface area (Å²) in [6.07, 6.45) is 0.813. The molecule has 1 atom stereocenters. The lowest BCUT2D eigenvalue weighted by atomic mass is 10.2. The zero-order valence-electron chi connectivity index (χ0n) is 10.5. The molecule has 3 nitrogen and oxygen atoms in total. The first-order valence-corrected chi connectivity index (χ1v) is 8.31. The van der Waals surface area contributed by atoms with Crippen LogP contribution in [0.15, 0.2) is 0 Å². The number of nitrogens with zero attached hydrogens (tertiary/aromatic N) is 1. The van der Waals surface area contributed by atoms with Gasteiger partial charge in [-0.1, -0.05) is 20.8 Å².